The normalized spacial score (nSPS) is 54.9. The van der Waals surface area contributed by atoms with Crippen molar-refractivity contribution in [1.29, 1.82) is 0 Å². The van der Waals surface area contributed by atoms with Crippen LogP contribution in [0.5, 0.6) is 0 Å². The Morgan fingerprint density at radius 1 is 0.649 bits per heavy atom. The molecule has 0 spiro atoms. The van der Waals surface area contributed by atoms with Crippen LogP contribution in [0, 0.1) is 46.3 Å². The number of hydrogen-bond acceptors (Lipinski definition) is 23. The molecule has 9 rings (SSSR count). The summed E-state index contributed by atoms with van der Waals surface area (Å²) < 4.78 is 53.4. The Kier molecular flexibility index (Phi) is 17.4. The maximum atomic E-state index is 12.1. The van der Waals surface area contributed by atoms with Gasteiger partial charge in [0.2, 0.25) is 0 Å². The number of fused-ring (bicyclic) bond motifs is 7. The van der Waals surface area contributed by atoms with Gasteiger partial charge in [-0.3, -0.25) is 0 Å². The zero-order valence-corrected chi connectivity index (χ0v) is 42.9. The minimum atomic E-state index is -1.78. The molecule has 14 N–H and O–H groups in total. The molecule has 3 saturated carbocycles. The molecule has 74 heavy (non-hydrogen) atoms. The summed E-state index contributed by atoms with van der Waals surface area (Å²) >= 11 is 0. The molecule has 8 fully saturated rings. The van der Waals surface area contributed by atoms with Gasteiger partial charge < -0.3 is 114 Å². The molecule has 426 valence electrons. The van der Waals surface area contributed by atoms with E-state index < -0.39 is 155 Å². The lowest BCUT2D eigenvalue weighted by Crippen LogP contribution is -2.64. The highest BCUT2D eigenvalue weighted by molar-refractivity contribution is 5.26. The summed E-state index contributed by atoms with van der Waals surface area (Å²) in [6.07, 6.45) is -21.5. The predicted molar refractivity (Wildman–Crippen MR) is 250 cm³/mol. The van der Waals surface area contributed by atoms with Gasteiger partial charge >= 0.3 is 0 Å². The predicted octanol–water partition coefficient (Wildman–Crippen LogP) is -3.01. The first kappa shape index (κ1) is 57.5. The molecule has 0 amide bonds. The zero-order valence-electron chi connectivity index (χ0n) is 42.9. The van der Waals surface area contributed by atoms with Gasteiger partial charge in [-0.05, 0) is 98.7 Å². The van der Waals surface area contributed by atoms with E-state index in [2.05, 4.69) is 26.8 Å². The third-order valence-corrected chi connectivity index (χ3v) is 19.5. The third-order valence-electron chi connectivity index (χ3n) is 19.5. The Morgan fingerprint density at radius 2 is 1.24 bits per heavy atom. The first-order valence-corrected chi connectivity index (χ1v) is 26.9. The second-order valence-electron chi connectivity index (χ2n) is 23.9. The standard InChI is InChI=1S/C51H84O23/c1-20(18-66-45-41(62)38(59)34(55)29(16-52)70-45)8-13-51(65)21(2)32-28(74-51)15-27-25-7-6-23-14-24(9-11-49(23,4)26(25)10-12-50(27,32)5)69-47-43(64)39(60)36(57)31(72-47)19-67-48-44(40(61)35(56)30(17-53)71-48)73-46-42(63)37(58)33(54)22(3)68-46/h6,20-22,24-48,52-65H,7-19H2,1-5H3/t20-,21+,22+,24+,25-,26+,27-,28+,29-,30-,31-,32+,33+,34-,35-,36-,37-,38+,39+,40+,41-,42-,43-,44-,45-,46+,47-,48-,49+,50+,51-/m1/s1. The van der Waals surface area contributed by atoms with Crippen molar-refractivity contribution in [2.75, 3.05) is 26.4 Å². The van der Waals surface area contributed by atoms with E-state index in [4.69, 9.17) is 42.6 Å². The Morgan fingerprint density at radius 3 is 1.92 bits per heavy atom. The van der Waals surface area contributed by atoms with Crippen LogP contribution in [0.15, 0.2) is 11.6 Å². The monoisotopic (exact) mass is 1060 g/mol. The van der Waals surface area contributed by atoms with Crippen molar-refractivity contribution >= 4 is 0 Å². The van der Waals surface area contributed by atoms with E-state index in [-0.39, 0.29) is 41.3 Å². The highest BCUT2D eigenvalue weighted by Crippen LogP contribution is 2.70. The Bertz CT molecular complexity index is 1920. The highest BCUT2D eigenvalue weighted by atomic mass is 16.8. The van der Waals surface area contributed by atoms with E-state index in [1.165, 1.54) is 12.5 Å². The van der Waals surface area contributed by atoms with Crippen LogP contribution in [-0.4, -0.2) is 239 Å². The molecule has 0 radical (unpaired) electrons. The van der Waals surface area contributed by atoms with Crippen LogP contribution in [0.3, 0.4) is 0 Å². The van der Waals surface area contributed by atoms with Crippen LogP contribution in [0.2, 0.25) is 0 Å². The van der Waals surface area contributed by atoms with Gasteiger partial charge in [-0.15, -0.1) is 0 Å². The SMILES string of the molecule is C[C@H](CC[C@@]1(O)O[C@H]2C[C@@H]3[C@@H]4CC=C5C[C@@H](O[C@@H]6O[C@H](CO[C@@H]7O[C@H](CO)[C@@H](O)[C@H](O)[C@H]7O[C@@H]7O[C@@H](C)[C@H](O)[C@@H](O)[C@H]7O)[C@@H](O)[C@H](O)[C@H]6O)CC[C@]5(C)[C@H]4CC[C@]3(C)[C@H]2[C@@H]1C)CO[C@@H]1O[C@H](CO)[C@@H](O)[C@H](O)[C@H]1O. The largest absolute Gasteiger partial charge is 0.394 e. The molecule has 23 nitrogen and oxygen atoms in total. The highest BCUT2D eigenvalue weighted by Gasteiger charge is 2.68. The summed E-state index contributed by atoms with van der Waals surface area (Å²) in [6.45, 7) is 8.56. The van der Waals surface area contributed by atoms with Gasteiger partial charge in [0.25, 0.3) is 0 Å². The van der Waals surface area contributed by atoms with Gasteiger partial charge in [0, 0.05) is 12.3 Å². The fraction of sp³-hybridized carbons (Fsp3) is 0.961. The van der Waals surface area contributed by atoms with E-state index in [1.807, 2.05) is 6.92 Å². The molecule has 9 aliphatic rings. The lowest BCUT2D eigenvalue weighted by atomic mass is 9.47. The average Bonchev–Trinajstić information content (AvgIpc) is 3.82. The second-order valence-corrected chi connectivity index (χ2v) is 23.9. The summed E-state index contributed by atoms with van der Waals surface area (Å²) in [7, 11) is 0. The van der Waals surface area contributed by atoms with Gasteiger partial charge in [0.1, 0.15) is 91.6 Å². The molecular weight excluding hydrogens is 981 g/mol. The van der Waals surface area contributed by atoms with Gasteiger partial charge in [-0.25, -0.2) is 0 Å². The molecule has 0 aromatic rings. The van der Waals surface area contributed by atoms with Crippen molar-refractivity contribution < 1.29 is 114 Å². The van der Waals surface area contributed by atoms with Crippen molar-refractivity contribution in [3.05, 3.63) is 11.6 Å². The van der Waals surface area contributed by atoms with Crippen molar-refractivity contribution in [3.8, 4) is 0 Å². The van der Waals surface area contributed by atoms with E-state index in [0.29, 0.717) is 43.4 Å². The van der Waals surface area contributed by atoms with Crippen molar-refractivity contribution in [1.82, 2.24) is 0 Å². The number of ether oxygens (including phenoxy) is 9. The smallest absolute Gasteiger partial charge is 0.187 e. The van der Waals surface area contributed by atoms with Crippen molar-refractivity contribution in [2.45, 2.75) is 233 Å². The summed E-state index contributed by atoms with van der Waals surface area (Å²) in [4.78, 5) is 0. The number of aliphatic hydroxyl groups is 14. The summed E-state index contributed by atoms with van der Waals surface area (Å²) in [5.74, 6) is -0.167. The lowest BCUT2D eigenvalue weighted by molar-refractivity contribution is -0.371. The summed E-state index contributed by atoms with van der Waals surface area (Å²) in [5.41, 5.74) is 1.11. The van der Waals surface area contributed by atoms with E-state index >= 15 is 0 Å². The Balaban J connectivity index is 0.792. The molecular formula is C51H84O23. The maximum Gasteiger partial charge on any atom is 0.187 e. The lowest BCUT2D eigenvalue weighted by Gasteiger charge is -2.58. The zero-order chi connectivity index (χ0) is 53.5. The molecule has 0 aromatic carbocycles. The number of hydrogen-bond donors (Lipinski definition) is 14. The minimum absolute atomic E-state index is 0.0482. The molecule has 0 unspecified atom stereocenters. The molecule has 23 heteroatoms. The number of allylic oxidation sites excluding steroid dienone is 1. The second kappa shape index (κ2) is 22.4. The fourth-order valence-electron chi connectivity index (χ4n) is 14.9. The summed E-state index contributed by atoms with van der Waals surface area (Å²) in [6, 6.07) is 0. The van der Waals surface area contributed by atoms with Crippen LogP contribution in [-0.2, 0) is 42.6 Å². The summed E-state index contributed by atoms with van der Waals surface area (Å²) in [5, 5.41) is 148. The molecule has 0 aromatic heterocycles. The van der Waals surface area contributed by atoms with Crippen LogP contribution in [0.25, 0.3) is 0 Å². The molecule has 0 bridgehead atoms. The van der Waals surface area contributed by atoms with Gasteiger partial charge in [-0.2, -0.15) is 0 Å². The van der Waals surface area contributed by atoms with E-state index in [1.54, 1.807) is 0 Å². The van der Waals surface area contributed by atoms with Crippen LogP contribution in [0.4, 0.5) is 0 Å². The van der Waals surface area contributed by atoms with Gasteiger partial charge in [-0.1, -0.05) is 39.3 Å². The van der Waals surface area contributed by atoms with E-state index in [9.17, 15) is 71.5 Å². The fourth-order valence-corrected chi connectivity index (χ4v) is 14.9. The molecule has 31 atom stereocenters. The van der Waals surface area contributed by atoms with E-state index in [0.717, 1.165) is 32.1 Å². The first-order valence-electron chi connectivity index (χ1n) is 26.9. The third kappa shape index (κ3) is 10.3. The number of aliphatic hydroxyl groups excluding tert-OH is 13. The Labute approximate surface area is 430 Å². The average molecular weight is 1070 g/mol. The minimum Gasteiger partial charge on any atom is -0.394 e. The van der Waals surface area contributed by atoms with Crippen molar-refractivity contribution in [3.63, 3.8) is 0 Å². The molecule has 4 aliphatic carbocycles. The van der Waals surface area contributed by atoms with Gasteiger partial charge in [0.15, 0.2) is 30.9 Å². The maximum absolute atomic E-state index is 12.1. The van der Waals surface area contributed by atoms with Crippen LogP contribution < -0.4 is 0 Å². The van der Waals surface area contributed by atoms with Crippen LogP contribution >= 0.6 is 0 Å². The van der Waals surface area contributed by atoms with Crippen LogP contribution in [0.1, 0.15) is 92.4 Å². The molecule has 5 saturated heterocycles. The topological polar surface area (TPSA) is 366 Å². The molecule has 5 heterocycles. The Hall–Kier alpha value is -1.18. The van der Waals surface area contributed by atoms with Gasteiger partial charge in [0.05, 0.1) is 44.7 Å². The first-order chi connectivity index (χ1) is 35.0. The number of rotatable bonds is 15. The quantitative estimate of drug-likeness (QED) is 0.0727. The molecule has 5 aliphatic heterocycles. The van der Waals surface area contributed by atoms with Crippen molar-refractivity contribution in [2.24, 2.45) is 46.3 Å².